The van der Waals surface area contributed by atoms with Gasteiger partial charge in [-0.1, -0.05) is 12.2 Å². The molecule has 5 heteroatoms. The molecular formula is C16H13ClO4. The lowest BCUT2D eigenvalue weighted by atomic mass is 9.68. The monoisotopic (exact) mass is 304 g/mol. The molecule has 4 unspecified atom stereocenters. The first-order valence-corrected chi connectivity index (χ1v) is 7.23. The number of phenolic OH excluding ortho intramolecular Hbond substituents is 1. The number of benzene rings is 1. The number of halogens is 1. The Morgan fingerprint density at radius 2 is 2.10 bits per heavy atom. The molecule has 1 fully saturated rings. The third-order valence-corrected chi connectivity index (χ3v) is 5.67. The average molecular weight is 305 g/mol. The molecule has 2 bridgehead atoms. The largest absolute Gasteiger partial charge is 0.507 e. The van der Waals surface area contributed by atoms with Gasteiger partial charge in [-0.3, -0.25) is 9.59 Å². The van der Waals surface area contributed by atoms with E-state index in [2.05, 4.69) is 0 Å². The van der Waals surface area contributed by atoms with Crippen molar-refractivity contribution in [2.24, 2.45) is 17.8 Å². The summed E-state index contributed by atoms with van der Waals surface area (Å²) in [6.07, 6.45) is 4.62. The molecule has 3 aliphatic carbocycles. The Bertz CT molecular complexity index is 723. The molecule has 4 nitrogen and oxygen atoms in total. The normalized spacial score (nSPS) is 35.8. The van der Waals surface area contributed by atoms with E-state index in [9.17, 15) is 14.7 Å². The molecule has 0 amide bonds. The molecule has 108 valence electrons. The van der Waals surface area contributed by atoms with Gasteiger partial charge in [-0.25, -0.2) is 0 Å². The van der Waals surface area contributed by atoms with Crippen LogP contribution in [0.1, 0.15) is 27.1 Å². The first kappa shape index (κ1) is 12.9. The van der Waals surface area contributed by atoms with Gasteiger partial charge in [0.2, 0.25) is 0 Å². The predicted molar refractivity (Wildman–Crippen MR) is 76.1 cm³/mol. The summed E-state index contributed by atoms with van der Waals surface area (Å²) in [4.78, 5) is 24.4. The lowest BCUT2D eigenvalue weighted by Crippen LogP contribution is -2.51. The second-order valence-electron chi connectivity index (χ2n) is 5.90. The van der Waals surface area contributed by atoms with Crippen LogP contribution in [0, 0.1) is 17.8 Å². The molecule has 1 aromatic carbocycles. The van der Waals surface area contributed by atoms with Crippen molar-refractivity contribution in [3.63, 3.8) is 0 Å². The summed E-state index contributed by atoms with van der Waals surface area (Å²) < 4.78 is 5.07. The summed E-state index contributed by atoms with van der Waals surface area (Å²) in [6.45, 7) is 0. The molecule has 0 radical (unpaired) electrons. The van der Waals surface area contributed by atoms with Crippen molar-refractivity contribution in [3.05, 3.63) is 35.4 Å². The van der Waals surface area contributed by atoms with Crippen molar-refractivity contribution >= 4 is 23.2 Å². The van der Waals surface area contributed by atoms with Crippen LogP contribution in [0.25, 0.3) is 0 Å². The fourth-order valence-corrected chi connectivity index (χ4v) is 4.55. The molecule has 1 aromatic rings. The molecule has 0 saturated heterocycles. The fourth-order valence-electron chi connectivity index (χ4n) is 4.03. The Labute approximate surface area is 126 Å². The van der Waals surface area contributed by atoms with Crippen LogP contribution in [0.3, 0.4) is 0 Å². The number of allylic oxidation sites excluding steroid dienone is 2. The van der Waals surface area contributed by atoms with Gasteiger partial charge < -0.3 is 9.84 Å². The van der Waals surface area contributed by atoms with Crippen molar-refractivity contribution in [1.82, 2.24) is 0 Å². The van der Waals surface area contributed by atoms with Crippen molar-refractivity contribution in [2.45, 2.75) is 11.3 Å². The maximum absolute atomic E-state index is 12.9. The zero-order valence-corrected chi connectivity index (χ0v) is 12.1. The quantitative estimate of drug-likeness (QED) is 0.640. The Kier molecular flexibility index (Phi) is 2.39. The van der Waals surface area contributed by atoms with Gasteiger partial charge in [0.1, 0.15) is 16.4 Å². The number of hydrogen-bond acceptors (Lipinski definition) is 4. The third-order valence-electron chi connectivity index (χ3n) is 4.99. The highest BCUT2D eigenvalue weighted by Crippen LogP contribution is 2.59. The summed E-state index contributed by atoms with van der Waals surface area (Å²) in [5, 5.41) is 10.1. The molecule has 1 saturated carbocycles. The number of hydrogen-bond donors (Lipinski definition) is 1. The van der Waals surface area contributed by atoms with E-state index in [1.165, 1.54) is 19.2 Å². The molecule has 0 aromatic heterocycles. The summed E-state index contributed by atoms with van der Waals surface area (Å²) >= 11 is 6.62. The molecule has 1 N–H and O–H groups in total. The number of ether oxygens (including phenoxy) is 1. The zero-order valence-electron chi connectivity index (χ0n) is 11.3. The van der Waals surface area contributed by atoms with Gasteiger partial charge in [0, 0.05) is 17.5 Å². The van der Waals surface area contributed by atoms with Gasteiger partial charge in [0.05, 0.1) is 18.6 Å². The number of aromatic hydroxyl groups is 1. The second kappa shape index (κ2) is 3.89. The Morgan fingerprint density at radius 3 is 2.81 bits per heavy atom. The lowest BCUT2D eigenvalue weighted by molar-refractivity contribution is 0.0747. The number of carbonyl (C=O) groups is 2. The van der Waals surface area contributed by atoms with Gasteiger partial charge in [0.15, 0.2) is 11.6 Å². The van der Waals surface area contributed by atoms with Crippen molar-refractivity contribution in [3.8, 4) is 11.5 Å². The summed E-state index contributed by atoms with van der Waals surface area (Å²) in [7, 11) is 1.45. The highest BCUT2D eigenvalue weighted by atomic mass is 35.5. The minimum absolute atomic E-state index is 0.00504. The van der Waals surface area contributed by atoms with Crippen LogP contribution < -0.4 is 4.74 Å². The number of methoxy groups -OCH3 is 1. The number of phenols is 1. The smallest absolute Gasteiger partial charge is 0.189 e. The molecule has 0 spiro atoms. The first-order chi connectivity index (χ1) is 9.98. The van der Waals surface area contributed by atoms with E-state index in [4.69, 9.17) is 16.3 Å². The van der Waals surface area contributed by atoms with Crippen molar-refractivity contribution in [1.29, 1.82) is 0 Å². The van der Waals surface area contributed by atoms with E-state index in [0.29, 0.717) is 5.75 Å². The van der Waals surface area contributed by atoms with Gasteiger partial charge >= 0.3 is 0 Å². The molecule has 0 aliphatic heterocycles. The minimum Gasteiger partial charge on any atom is -0.507 e. The predicted octanol–water partition coefficient (Wildman–Crippen LogP) is 2.58. The maximum atomic E-state index is 12.9. The van der Waals surface area contributed by atoms with E-state index in [1.807, 2.05) is 12.2 Å². The summed E-state index contributed by atoms with van der Waals surface area (Å²) in [5.74, 6) is -1.08. The number of carbonyl (C=O) groups excluding carboxylic acids is 2. The molecular weight excluding hydrogens is 292 g/mol. The topological polar surface area (TPSA) is 63.6 Å². The third kappa shape index (κ3) is 1.36. The van der Waals surface area contributed by atoms with Crippen molar-refractivity contribution < 1.29 is 19.4 Å². The average Bonchev–Trinajstić information content (AvgIpc) is 3.04. The Hall–Kier alpha value is -1.81. The minimum atomic E-state index is -1.24. The van der Waals surface area contributed by atoms with E-state index in [0.717, 1.165) is 6.42 Å². The number of rotatable bonds is 1. The van der Waals surface area contributed by atoms with E-state index in [-0.39, 0.29) is 40.3 Å². The van der Waals surface area contributed by atoms with Gasteiger partial charge in [-0.15, -0.1) is 11.6 Å². The highest BCUT2D eigenvalue weighted by Gasteiger charge is 2.65. The van der Waals surface area contributed by atoms with Crippen LogP contribution in [-0.4, -0.2) is 28.7 Å². The van der Waals surface area contributed by atoms with Gasteiger partial charge in [-0.2, -0.15) is 0 Å². The van der Waals surface area contributed by atoms with Crippen LogP contribution in [0.5, 0.6) is 11.5 Å². The lowest BCUT2D eigenvalue weighted by Gasteiger charge is -2.38. The molecule has 4 rings (SSSR count). The van der Waals surface area contributed by atoms with E-state index >= 15 is 0 Å². The molecule has 0 heterocycles. The second-order valence-corrected chi connectivity index (χ2v) is 6.52. The highest BCUT2D eigenvalue weighted by molar-refractivity contribution is 6.43. The van der Waals surface area contributed by atoms with E-state index in [1.54, 1.807) is 0 Å². The number of ketones is 2. The SMILES string of the molecule is COc1cc(O)c2c(c1)C(=O)C1C3C=CC(C3)C1(Cl)C2=O. The van der Waals surface area contributed by atoms with Crippen LogP contribution in [0.2, 0.25) is 0 Å². The molecule has 4 atom stereocenters. The molecule has 3 aliphatic rings. The van der Waals surface area contributed by atoms with Crippen LogP contribution >= 0.6 is 11.6 Å². The standard InChI is InChI=1S/C16H13ClO4/c1-21-9-5-10-12(11(18)6-9)15(20)16(17)8-3-2-7(4-8)13(16)14(10)19/h2-3,5-8,13,18H,4H2,1H3. The van der Waals surface area contributed by atoms with Crippen LogP contribution in [0.15, 0.2) is 24.3 Å². The number of Topliss-reactive ketones (excluding diaryl/α,β-unsaturated/α-hetero) is 2. The summed E-state index contributed by atoms with van der Waals surface area (Å²) in [5.41, 5.74) is 0.257. The van der Waals surface area contributed by atoms with Crippen LogP contribution in [-0.2, 0) is 0 Å². The van der Waals surface area contributed by atoms with Crippen molar-refractivity contribution in [2.75, 3.05) is 7.11 Å². The summed E-state index contributed by atoms with van der Waals surface area (Å²) in [6, 6.07) is 2.86. The van der Waals surface area contributed by atoms with Gasteiger partial charge in [-0.05, 0) is 18.4 Å². The maximum Gasteiger partial charge on any atom is 0.189 e. The van der Waals surface area contributed by atoms with E-state index < -0.39 is 10.8 Å². The zero-order chi connectivity index (χ0) is 14.9. The fraction of sp³-hybridized carbons (Fsp3) is 0.375. The number of fused-ring (bicyclic) bond motifs is 6. The van der Waals surface area contributed by atoms with Crippen LogP contribution in [0.4, 0.5) is 0 Å². The van der Waals surface area contributed by atoms with Gasteiger partial charge in [0.25, 0.3) is 0 Å². The Morgan fingerprint density at radius 1 is 1.33 bits per heavy atom. The molecule has 21 heavy (non-hydrogen) atoms. The Balaban J connectivity index is 1.98. The number of alkyl halides is 1. The first-order valence-electron chi connectivity index (χ1n) is 6.85.